The number of phenols is 1. The number of allylic oxidation sites excluding steroid dienone is 2. The van der Waals surface area contributed by atoms with E-state index < -0.39 is 29.1 Å². The largest absolute Gasteiger partial charge is 0.508 e. The molecule has 0 unspecified atom stereocenters. The molecule has 2 saturated heterocycles. The number of rotatable bonds is 3. The Balaban J connectivity index is 1.54. The summed E-state index contributed by atoms with van der Waals surface area (Å²) in [6.07, 6.45) is 2.84. The number of fused-ring (bicyclic) bond motifs is 4. The van der Waals surface area contributed by atoms with Crippen LogP contribution in [0.25, 0.3) is 0 Å². The minimum absolute atomic E-state index is 0.141. The van der Waals surface area contributed by atoms with Crippen LogP contribution in [0.15, 0.2) is 60.2 Å². The minimum Gasteiger partial charge on any atom is -0.508 e. The average Bonchev–Trinajstić information content (AvgIpc) is 3.25. The molecule has 2 aliphatic heterocycles. The van der Waals surface area contributed by atoms with Crippen LogP contribution in [-0.4, -0.2) is 40.2 Å². The molecule has 2 heterocycles. The zero-order valence-corrected chi connectivity index (χ0v) is 21.2. The highest BCUT2D eigenvalue weighted by atomic mass is 16.3. The second kappa shape index (κ2) is 8.13. The Morgan fingerprint density at radius 2 is 1.70 bits per heavy atom. The first-order valence-electron chi connectivity index (χ1n) is 13.0. The number of carbonyl (C=O) groups excluding carboxylic acids is 4. The highest BCUT2D eigenvalue weighted by molar-refractivity contribution is 6.24. The van der Waals surface area contributed by atoms with Crippen molar-refractivity contribution in [2.75, 3.05) is 11.4 Å². The first-order valence-corrected chi connectivity index (χ1v) is 13.0. The lowest BCUT2D eigenvalue weighted by Crippen LogP contribution is -2.48. The second-order valence-corrected chi connectivity index (χ2v) is 11.0. The van der Waals surface area contributed by atoms with E-state index in [0.29, 0.717) is 30.6 Å². The number of aromatic hydroxyl groups is 1. The highest BCUT2D eigenvalue weighted by Gasteiger charge is 2.67. The molecule has 2 aromatic rings. The Hall–Kier alpha value is -3.74. The Morgan fingerprint density at radius 1 is 0.973 bits per heavy atom. The van der Waals surface area contributed by atoms with Crippen LogP contribution in [0.1, 0.15) is 43.7 Å². The van der Waals surface area contributed by atoms with Gasteiger partial charge in [0, 0.05) is 12.5 Å². The van der Waals surface area contributed by atoms with Gasteiger partial charge in [0.2, 0.25) is 23.6 Å². The molecule has 0 radical (unpaired) electrons. The monoisotopic (exact) mass is 498 g/mol. The number of aryl methyl sites for hydroxylation is 1. The normalized spacial score (nSPS) is 32.8. The fourth-order valence-corrected chi connectivity index (χ4v) is 7.45. The lowest BCUT2D eigenvalue weighted by molar-refractivity contribution is -0.140. The van der Waals surface area contributed by atoms with Crippen molar-refractivity contribution in [1.29, 1.82) is 0 Å². The van der Waals surface area contributed by atoms with Crippen LogP contribution in [0, 0.1) is 36.0 Å². The quantitative estimate of drug-likeness (QED) is 0.511. The van der Waals surface area contributed by atoms with Crippen molar-refractivity contribution in [1.82, 2.24) is 4.90 Å². The van der Waals surface area contributed by atoms with Gasteiger partial charge in [-0.2, -0.15) is 0 Å². The smallest absolute Gasteiger partial charge is 0.241 e. The number of carbonyl (C=O) groups is 4. The van der Waals surface area contributed by atoms with Gasteiger partial charge in [0.15, 0.2) is 0 Å². The van der Waals surface area contributed by atoms with Crippen LogP contribution in [0.3, 0.4) is 0 Å². The standard InChI is InChI=1S/C30H30N2O5/c1-4-31-26(34)20-12-11-19-21(24(20)28(31)36)15-22-27(35)32(18-8-6-5-7-9-18)29(37)30(22,3)25(19)17-10-13-23(33)16(2)14-17/h5-11,13-14,20-22,24-25,33H,4,12,15H2,1-3H3/t20-,21+,22-,24-,25-,30+/m0/s1. The first kappa shape index (κ1) is 23.6. The van der Waals surface area contributed by atoms with Gasteiger partial charge >= 0.3 is 0 Å². The lowest BCUT2D eigenvalue weighted by atomic mass is 9.51. The van der Waals surface area contributed by atoms with Crippen LogP contribution in [0.2, 0.25) is 0 Å². The van der Waals surface area contributed by atoms with Gasteiger partial charge in [-0.05, 0) is 68.9 Å². The predicted octanol–water partition coefficient (Wildman–Crippen LogP) is 3.95. The second-order valence-electron chi connectivity index (χ2n) is 11.0. The van der Waals surface area contributed by atoms with E-state index in [-0.39, 0.29) is 35.3 Å². The number of anilines is 1. The molecular weight excluding hydrogens is 468 g/mol. The van der Waals surface area contributed by atoms with Crippen LogP contribution >= 0.6 is 0 Å². The van der Waals surface area contributed by atoms with Crippen molar-refractivity contribution in [2.45, 2.75) is 39.5 Å². The molecule has 4 aliphatic rings. The maximum absolute atomic E-state index is 14.2. The summed E-state index contributed by atoms with van der Waals surface area (Å²) >= 11 is 0. The zero-order chi connectivity index (χ0) is 26.2. The fraction of sp³-hybridized carbons (Fsp3) is 0.400. The number of nitrogens with zero attached hydrogens (tertiary/aromatic N) is 2. The summed E-state index contributed by atoms with van der Waals surface area (Å²) in [5, 5.41) is 10.2. The Labute approximate surface area is 215 Å². The molecule has 2 aromatic carbocycles. The van der Waals surface area contributed by atoms with E-state index in [4.69, 9.17) is 0 Å². The zero-order valence-electron chi connectivity index (χ0n) is 21.2. The summed E-state index contributed by atoms with van der Waals surface area (Å²) in [6, 6.07) is 14.3. The summed E-state index contributed by atoms with van der Waals surface area (Å²) in [6.45, 7) is 5.81. The molecule has 2 aliphatic carbocycles. The molecule has 1 saturated carbocycles. The molecule has 0 spiro atoms. The summed E-state index contributed by atoms with van der Waals surface area (Å²) < 4.78 is 0. The molecule has 37 heavy (non-hydrogen) atoms. The number of imide groups is 2. The number of para-hydroxylation sites is 1. The van der Waals surface area contributed by atoms with E-state index in [0.717, 1.165) is 11.1 Å². The Kier molecular flexibility index (Phi) is 5.20. The third kappa shape index (κ3) is 3.06. The van der Waals surface area contributed by atoms with Crippen molar-refractivity contribution in [3.05, 3.63) is 71.3 Å². The van der Waals surface area contributed by atoms with E-state index >= 15 is 0 Å². The molecule has 1 N–H and O–H groups in total. The van der Waals surface area contributed by atoms with E-state index in [1.54, 1.807) is 44.2 Å². The molecular formula is C30H30N2O5. The molecule has 6 atom stereocenters. The van der Waals surface area contributed by atoms with Gasteiger partial charge in [-0.3, -0.25) is 24.1 Å². The van der Waals surface area contributed by atoms with Crippen LogP contribution in [-0.2, 0) is 19.2 Å². The summed E-state index contributed by atoms with van der Waals surface area (Å²) in [5.74, 6) is -3.02. The van der Waals surface area contributed by atoms with Gasteiger partial charge in [0.05, 0.1) is 28.9 Å². The number of hydrogen-bond donors (Lipinski definition) is 1. The van der Waals surface area contributed by atoms with Gasteiger partial charge in [0.25, 0.3) is 0 Å². The highest BCUT2D eigenvalue weighted by Crippen LogP contribution is 2.63. The maximum Gasteiger partial charge on any atom is 0.241 e. The van der Waals surface area contributed by atoms with Crippen molar-refractivity contribution in [2.24, 2.45) is 29.1 Å². The third-order valence-electron chi connectivity index (χ3n) is 9.25. The van der Waals surface area contributed by atoms with E-state index in [2.05, 4.69) is 0 Å². The number of phenolic OH excluding ortho intramolecular Hbond substituents is 1. The first-order chi connectivity index (χ1) is 17.7. The van der Waals surface area contributed by atoms with E-state index in [9.17, 15) is 24.3 Å². The number of likely N-dealkylation sites (tertiary alicyclic amines) is 1. The van der Waals surface area contributed by atoms with Crippen molar-refractivity contribution < 1.29 is 24.3 Å². The third-order valence-corrected chi connectivity index (χ3v) is 9.25. The SMILES string of the molecule is CCN1C(=O)[C@H]2[C@H](CC=C3[C@H]2C[C@H]2C(=O)N(c4ccccc4)C(=O)[C@@]2(C)[C@H]3c2ccc(O)c(C)c2)C1=O. The maximum atomic E-state index is 14.2. The number of hydrogen-bond acceptors (Lipinski definition) is 5. The van der Waals surface area contributed by atoms with Crippen molar-refractivity contribution >= 4 is 29.3 Å². The average molecular weight is 499 g/mol. The van der Waals surface area contributed by atoms with Gasteiger partial charge in [-0.1, -0.05) is 42.0 Å². The molecule has 7 heteroatoms. The lowest BCUT2D eigenvalue weighted by Gasteiger charge is -2.49. The molecule has 4 amide bonds. The van der Waals surface area contributed by atoms with Gasteiger partial charge in [0.1, 0.15) is 5.75 Å². The van der Waals surface area contributed by atoms with Gasteiger partial charge < -0.3 is 5.11 Å². The fourth-order valence-electron chi connectivity index (χ4n) is 7.45. The molecule has 3 fully saturated rings. The van der Waals surface area contributed by atoms with Gasteiger partial charge in [-0.25, -0.2) is 4.90 Å². The minimum atomic E-state index is -1.07. The van der Waals surface area contributed by atoms with E-state index in [1.165, 1.54) is 9.80 Å². The number of amides is 4. The summed E-state index contributed by atoms with van der Waals surface area (Å²) in [5.41, 5.74) is 1.93. The number of benzene rings is 2. The van der Waals surface area contributed by atoms with Crippen LogP contribution < -0.4 is 4.90 Å². The Morgan fingerprint density at radius 3 is 2.38 bits per heavy atom. The van der Waals surface area contributed by atoms with Crippen LogP contribution in [0.5, 0.6) is 5.75 Å². The molecule has 0 aromatic heterocycles. The topological polar surface area (TPSA) is 95.0 Å². The van der Waals surface area contributed by atoms with Gasteiger partial charge in [-0.15, -0.1) is 0 Å². The molecule has 0 bridgehead atoms. The summed E-state index contributed by atoms with van der Waals surface area (Å²) in [7, 11) is 0. The van der Waals surface area contributed by atoms with Crippen molar-refractivity contribution in [3.63, 3.8) is 0 Å². The van der Waals surface area contributed by atoms with Crippen molar-refractivity contribution in [3.8, 4) is 5.75 Å². The predicted molar refractivity (Wildman–Crippen MR) is 136 cm³/mol. The molecule has 6 rings (SSSR count). The van der Waals surface area contributed by atoms with Crippen LogP contribution in [0.4, 0.5) is 5.69 Å². The molecule has 7 nitrogen and oxygen atoms in total. The molecule has 190 valence electrons. The van der Waals surface area contributed by atoms with E-state index in [1.807, 2.05) is 31.2 Å². The summed E-state index contributed by atoms with van der Waals surface area (Å²) in [4.78, 5) is 57.4. The Bertz CT molecular complexity index is 1380.